The van der Waals surface area contributed by atoms with E-state index >= 15 is 0 Å². The van der Waals surface area contributed by atoms with Crippen LogP contribution in [0.2, 0.25) is 0 Å². The smallest absolute Gasteiger partial charge is 0.413 e. The zero-order chi connectivity index (χ0) is 25.9. The number of carbonyl (C=O) groups excluding carboxylic acids is 1. The number of ether oxygens (including phenoxy) is 1. The van der Waals surface area contributed by atoms with Crippen LogP contribution in [0.25, 0.3) is 22.3 Å². The molecule has 0 aliphatic rings. The number of nitrogens with zero attached hydrogens (tertiary/aromatic N) is 2. The molecule has 184 valence electrons. The average molecular weight is 491 g/mol. The molecule has 1 aromatic heterocycles. The minimum Gasteiger partial charge on any atom is -0.477 e. The van der Waals surface area contributed by atoms with Gasteiger partial charge in [0.15, 0.2) is 0 Å². The number of alkyl halides is 2. The van der Waals surface area contributed by atoms with Gasteiger partial charge >= 0.3 is 18.0 Å². The molecule has 0 saturated carbocycles. The summed E-state index contributed by atoms with van der Waals surface area (Å²) in [6, 6.07) is 21.7. The first-order chi connectivity index (χ1) is 17.2. The average Bonchev–Trinajstić information content (AvgIpc) is 3.24. The highest BCUT2D eigenvalue weighted by Crippen LogP contribution is 2.32. The number of hydrogen-bond donors (Lipinski definition) is 2. The third kappa shape index (κ3) is 5.10. The van der Waals surface area contributed by atoms with Crippen molar-refractivity contribution in [1.82, 2.24) is 9.78 Å². The topological polar surface area (TPSA) is 93.4 Å². The Bertz CT molecular complexity index is 1370. The first-order valence-corrected chi connectivity index (χ1v) is 11.0. The fourth-order valence-electron chi connectivity index (χ4n) is 3.71. The molecule has 0 bridgehead atoms. The van der Waals surface area contributed by atoms with Crippen LogP contribution in [0, 0.1) is 0 Å². The molecular weight excluding hydrogens is 468 g/mol. The summed E-state index contributed by atoms with van der Waals surface area (Å²) in [6.07, 6.45) is 0.559. The highest BCUT2D eigenvalue weighted by atomic mass is 19.3. The summed E-state index contributed by atoms with van der Waals surface area (Å²) in [4.78, 5) is 23.3. The summed E-state index contributed by atoms with van der Waals surface area (Å²) in [7, 11) is 1.70. The highest BCUT2D eigenvalue weighted by molar-refractivity contribution is 5.90. The van der Waals surface area contributed by atoms with Gasteiger partial charge in [0, 0.05) is 18.2 Å². The van der Waals surface area contributed by atoms with Crippen LogP contribution in [0.3, 0.4) is 0 Å². The molecule has 0 aliphatic heterocycles. The van der Waals surface area contributed by atoms with Gasteiger partial charge in [0.1, 0.15) is 11.9 Å². The summed E-state index contributed by atoms with van der Waals surface area (Å²) in [6.45, 7) is 1.78. The quantitative estimate of drug-likeness (QED) is 0.319. The van der Waals surface area contributed by atoms with Crippen molar-refractivity contribution in [2.24, 2.45) is 7.05 Å². The number of carboxylic acids is 1. The van der Waals surface area contributed by atoms with E-state index in [0.717, 1.165) is 28.8 Å². The number of hydrogen-bond acceptors (Lipinski definition) is 4. The van der Waals surface area contributed by atoms with E-state index in [1.807, 2.05) is 42.5 Å². The molecule has 0 aliphatic carbocycles. The van der Waals surface area contributed by atoms with Gasteiger partial charge in [0.25, 0.3) is 0 Å². The van der Waals surface area contributed by atoms with E-state index in [-0.39, 0.29) is 0 Å². The first kappa shape index (κ1) is 24.6. The molecule has 7 nitrogen and oxygen atoms in total. The van der Waals surface area contributed by atoms with E-state index in [0.29, 0.717) is 16.9 Å². The summed E-state index contributed by atoms with van der Waals surface area (Å²) in [5, 5.41) is 15.7. The molecule has 0 spiro atoms. The molecule has 4 rings (SSSR count). The third-order valence-electron chi connectivity index (χ3n) is 5.76. The molecule has 0 fully saturated rings. The molecule has 9 heteroatoms. The van der Waals surface area contributed by atoms with Crippen molar-refractivity contribution in [2.45, 2.75) is 19.0 Å². The van der Waals surface area contributed by atoms with Crippen LogP contribution in [-0.2, 0) is 22.5 Å². The van der Waals surface area contributed by atoms with Crippen molar-refractivity contribution >= 4 is 17.9 Å². The Hall–Kier alpha value is -4.53. The predicted octanol–water partition coefficient (Wildman–Crippen LogP) is 6.24. The number of aromatic nitrogens is 2. The molecule has 0 saturated heterocycles. The predicted molar refractivity (Wildman–Crippen MR) is 131 cm³/mol. The standard InChI is InChI=1S/C27H23F2N3O4/c1-17(18-6-4-3-5-7-18)36-26(35)31-24-23(16-30-32(24)2)21-10-8-19(9-11-21)20-12-14-22(15-13-20)27(28,29)25(33)34/h3-17H,1-2H3,(H,31,35)(H,33,34). The first-order valence-electron chi connectivity index (χ1n) is 11.0. The Balaban J connectivity index is 1.50. The highest BCUT2D eigenvalue weighted by Gasteiger charge is 2.40. The van der Waals surface area contributed by atoms with Gasteiger partial charge in [-0.05, 0) is 29.2 Å². The van der Waals surface area contributed by atoms with Gasteiger partial charge < -0.3 is 9.84 Å². The lowest BCUT2D eigenvalue weighted by Gasteiger charge is -2.15. The summed E-state index contributed by atoms with van der Waals surface area (Å²) in [5.74, 6) is -5.70. The Labute approximate surface area is 206 Å². The van der Waals surface area contributed by atoms with Gasteiger partial charge in [-0.2, -0.15) is 13.9 Å². The minimum absolute atomic E-state index is 0.441. The van der Waals surface area contributed by atoms with Gasteiger partial charge in [-0.1, -0.05) is 78.9 Å². The van der Waals surface area contributed by atoms with Crippen molar-refractivity contribution in [3.05, 3.63) is 96.2 Å². The molecule has 4 aromatic rings. The molecule has 1 unspecified atom stereocenters. The Morgan fingerprint density at radius 2 is 1.50 bits per heavy atom. The van der Waals surface area contributed by atoms with Crippen molar-refractivity contribution < 1.29 is 28.2 Å². The molecular formula is C27H23F2N3O4. The molecule has 1 atom stereocenters. The second-order valence-electron chi connectivity index (χ2n) is 8.15. The number of aliphatic carboxylic acids is 1. The Morgan fingerprint density at radius 1 is 0.944 bits per heavy atom. The summed E-state index contributed by atoms with van der Waals surface area (Å²) in [5.41, 5.74) is 3.12. The monoisotopic (exact) mass is 491 g/mol. The fraction of sp³-hybridized carbons (Fsp3) is 0.148. The summed E-state index contributed by atoms with van der Waals surface area (Å²) < 4.78 is 34.4. The van der Waals surface area contributed by atoms with Crippen LogP contribution in [0.1, 0.15) is 24.2 Å². The fourth-order valence-corrected chi connectivity index (χ4v) is 3.71. The van der Waals surface area contributed by atoms with E-state index in [2.05, 4.69) is 10.4 Å². The van der Waals surface area contributed by atoms with Gasteiger partial charge in [-0.15, -0.1) is 0 Å². The number of benzene rings is 3. The number of halogens is 2. The van der Waals surface area contributed by atoms with Crippen LogP contribution in [0.5, 0.6) is 0 Å². The second kappa shape index (κ2) is 9.99. The van der Waals surface area contributed by atoms with E-state index in [4.69, 9.17) is 9.84 Å². The molecule has 36 heavy (non-hydrogen) atoms. The molecule has 1 heterocycles. The lowest BCUT2D eigenvalue weighted by atomic mass is 9.99. The third-order valence-corrected chi connectivity index (χ3v) is 5.76. The maximum absolute atomic E-state index is 13.7. The number of rotatable bonds is 7. The minimum atomic E-state index is -3.95. The molecule has 2 N–H and O–H groups in total. The van der Waals surface area contributed by atoms with E-state index in [1.165, 1.54) is 16.8 Å². The lowest BCUT2D eigenvalue weighted by Crippen LogP contribution is -2.25. The molecule has 0 radical (unpaired) electrons. The van der Waals surface area contributed by atoms with E-state index < -0.39 is 29.7 Å². The molecule has 1 amide bonds. The van der Waals surface area contributed by atoms with Crippen molar-refractivity contribution in [1.29, 1.82) is 0 Å². The Morgan fingerprint density at radius 3 is 2.08 bits per heavy atom. The SMILES string of the molecule is CC(OC(=O)Nc1c(-c2ccc(-c3ccc(C(F)(F)C(=O)O)cc3)cc2)cnn1C)c1ccccc1. The van der Waals surface area contributed by atoms with Gasteiger partial charge in [0.2, 0.25) is 0 Å². The maximum Gasteiger partial charge on any atom is 0.413 e. The second-order valence-corrected chi connectivity index (χ2v) is 8.15. The number of amides is 1. The van der Waals surface area contributed by atoms with Crippen molar-refractivity contribution in [3.63, 3.8) is 0 Å². The van der Waals surface area contributed by atoms with Crippen molar-refractivity contribution in [3.8, 4) is 22.3 Å². The summed E-state index contributed by atoms with van der Waals surface area (Å²) >= 11 is 0. The van der Waals surface area contributed by atoms with Crippen LogP contribution in [0.4, 0.5) is 19.4 Å². The van der Waals surface area contributed by atoms with Crippen LogP contribution < -0.4 is 5.32 Å². The van der Waals surface area contributed by atoms with Gasteiger partial charge in [-0.3, -0.25) is 10.00 Å². The van der Waals surface area contributed by atoms with E-state index in [9.17, 15) is 18.4 Å². The van der Waals surface area contributed by atoms with Crippen molar-refractivity contribution in [2.75, 3.05) is 5.32 Å². The lowest BCUT2D eigenvalue weighted by molar-refractivity contribution is -0.166. The zero-order valence-electron chi connectivity index (χ0n) is 19.5. The number of carbonyl (C=O) groups is 2. The largest absolute Gasteiger partial charge is 0.477 e. The molecule has 3 aromatic carbocycles. The van der Waals surface area contributed by atoms with Gasteiger partial charge in [0.05, 0.1) is 6.20 Å². The number of aryl methyl sites for hydroxylation is 1. The van der Waals surface area contributed by atoms with Crippen LogP contribution in [0.15, 0.2) is 85.1 Å². The number of anilines is 1. The maximum atomic E-state index is 13.7. The number of carboxylic acid groups (broad SMARTS) is 1. The van der Waals surface area contributed by atoms with Crippen LogP contribution >= 0.6 is 0 Å². The van der Waals surface area contributed by atoms with Gasteiger partial charge in [-0.25, -0.2) is 9.59 Å². The Kier molecular flexibility index (Phi) is 6.82. The normalized spacial score (nSPS) is 12.1. The zero-order valence-corrected chi connectivity index (χ0v) is 19.5. The van der Waals surface area contributed by atoms with Crippen LogP contribution in [-0.4, -0.2) is 26.9 Å². The number of nitrogens with one attached hydrogen (secondary N) is 1. The van der Waals surface area contributed by atoms with E-state index in [1.54, 1.807) is 32.3 Å².